The number of nitro groups is 1. The predicted octanol–water partition coefficient (Wildman–Crippen LogP) is 0.890. The first-order valence-corrected chi connectivity index (χ1v) is 2.41. The van der Waals surface area contributed by atoms with E-state index in [1.807, 2.05) is 0 Å². The Morgan fingerprint density at radius 2 is 2.43 bits per heavy atom. The normalized spacial score (nSPS) is 13.4. The maximum absolute atomic E-state index is 9.65. The number of hydrogen-bond donors (Lipinski definition) is 0. The van der Waals surface area contributed by atoms with Crippen molar-refractivity contribution in [3.05, 3.63) is 10.1 Å². The van der Waals surface area contributed by atoms with Crippen LogP contribution in [0, 0.1) is 10.1 Å². The number of alkyl halides is 1. The van der Waals surface area contributed by atoms with Gasteiger partial charge in [-0.15, -0.1) is 11.6 Å². The van der Waals surface area contributed by atoms with Gasteiger partial charge in [0, 0.05) is 11.8 Å². The van der Waals surface area contributed by atoms with Crippen LogP contribution >= 0.6 is 11.6 Å². The van der Waals surface area contributed by atoms with Gasteiger partial charge in [-0.05, 0) is 0 Å². The van der Waals surface area contributed by atoms with Crippen LogP contribution in [0.2, 0.25) is 0 Å². The van der Waals surface area contributed by atoms with Gasteiger partial charge in [0.25, 0.3) is 0 Å². The molecule has 0 aliphatic carbocycles. The standard InChI is InChI=1S/C3H6ClNO2/c1-3(2-4)5(6)7/h3H,2H2,1H3. The highest BCUT2D eigenvalue weighted by atomic mass is 35.5. The summed E-state index contributed by atoms with van der Waals surface area (Å²) in [5.41, 5.74) is 0. The van der Waals surface area contributed by atoms with Crippen LogP contribution in [0.4, 0.5) is 0 Å². The van der Waals surface area contributed by atoms with Crippen LogP contribution in [0.5, 0.6) is 0 Å². The molecule has 0 saturated heterocycles. The van der Waals surface area contributed by atoms with Crippen LogP contribution in [-0.2, 0) is 0 Å². The lowest BCUT2D eigenvalue weighted by molar-refractivity contribution is -0.512. The maximum atomic E-state index is 9.65. The van der Waals surface area contributed by atoms with Crippen LogP contribution in [0.25, 0.3) is 0 Å². The number of nitrogens with zero attached hydrogens (tertiary/aromatic N) is 1. The zero-order valence-electron chi connectivity index (χ0n) is 3.93. The van der Waals surface area contributed by atoms with Crippen LogP contribution in [0.3, 0.4) is 0 Å². The van der Waals surface area contributed by atoms with Gasteiger partial charge in [-0.2, -0.15) is 0 Å². The Balaban J connectivity index is 3.34. The van der Waals surface area contributed by atoms with Gasteiger partial charge < -0.3 is 0 Å². The summed E-state index contributed by atoms with van der Waals surface area (Å²) in [6.45, 7) is 1.47. The summed E-state index contributed by atoms with van der Waals surface area (Å²) in [4.78, 5) is 9.24. The fraction of sp³-hybridized carbons (Fsp3) is 1.00. The van der Waals surface area contributed by atoms with E-state index < -0.39 is 11.0 Å². The summed E-state index contributed by atoms with van der Waals surface area (Å²) >= 11 is 5.11. The Morgan fingerprint density at radius 3 is 2.43 bits per heavy atom. The molecule has 0 amide bonds. The first-order chi connectivity index (χ1) is 3.18. The van der Waals surface area contributed by atoms with Gasteiger partial charge in [0.05, 0.1) is 5.88 Å². The van der Waals surface area contributed by atoms with E-state index in [0.717, 1.165) is 0 Å². The Hall–Kier alpha value is -0.310. The minimum Gasteiger partial charge on any atom is -0.264 e. The van der Waals surface area contributed by atoms with Gasteiger partial charge in [-0.25, -0.2) is 0 Å². The third kappa shape index (κ3) is 2.39. The molecule has 1 unspecified atom stereocenters. The van der Waals surface area contributed by atoms with Crippen molar-refractivity contribution in [2.24, 2.45) is 0 Å². The van der Waals surface area contributed by atoms with E-state index in [9.17, 15) is 10.1 Å². The SMILES string of the molecule is CC(CCl)[N+](=O)[O-]. The van der Waals surface area contributed by atoms with Gasteiger partial charge in [-0.3, -0.25) is 10.1 Å². The summed E-state index contributed by atoms with van der Waals surface area (Å²) in [7, 11) is 0. The van der Waals surface area contributed by atoms with Gasteiger partial charge in [0.2, 0.25) is 6.04 Å². The van der Waals surface area contributed by atoms with Crippen molar-refractivity contribution < 1.29 is 4.92 Å². The highest BCUT2D eigenvalue weighted by Crippen LogP contribution is 1.89. The van der Waals surface area contributed by atoms with Crippen molar-refractivity contribution in [3.63, 3.8) is 0 Å². The molecule has 0 aromatic rings. The van der Waals surface area contributed by atoms with E-state index in [-0.39, 0.29) is 5.88 Å². The Morgan fingerprint density at radius 1 is 2.00 bits per heavy atom. The number of hydrogen-bond acceptors (Lipinski definition) is 2. The third-order valence-electron chi connectivity index (χ3n) is 0.583. The van der Waals surface area contributed by atoms with Gasteiger partial charge in [0.1, 0.15) is 0 Å². The van der Waals surface area contributed by atoms with Crippen molar-refractivity contribution in [2.75, 3.05) is 5.88 Å². The van der Waals surface area contributed by atoms with Crippen molar-refractivity contribution >= 4 is 11.6 Å². The van der Waals surface area contributed by atoms with E-state index in [0.29, 0.717) is 0 Å². The lowest BCUT2D eigenvalue weighted by Gasteiger charge is -1.93. The first kappa shape index (κ1) is 6.69. The Labute approximate surface area is 46.4 Å². The molecule has 1 atom stereocenters. The zero-order chi connectivity index (χ0) is 5.86. The molecule has 7 heavy (non-hydrogen) atoms. The van der Waals surface area contributed by atoms with Crippen molar-refractivity contribution in [1.82, 2.24) is 0 Å². The van der Waals surface area contributed by atoms with Crippen molar-refractivity contribution in [3.8, 4) is 0 Å². The highest BCUT2D eigenvalue weighted by molar-refractivity contribution is 6.18. The molecule has 0 spiro atoms. The van der Waals surface area contributed by atoms with E-state index in [1.54, 1.807) is 0 Å². The second-order valence-electron chi connectivity index (χ2n) is 1.29. The number of rotatable bonds is 2. The van der Waals surface area contributed by atoms with Gasteiger partial charge in [0.15, 0.2) is 0 Å². The molecule has 0 bridgehead atoms. The van der Waals surface area contributed by atoms with Crippen LogP contribution in [0.15, 0.2) is 0 Å². The van der Waals surface area contributed by atoms with Crippen LogP contribution in [0.1, 0.15) is 6.92 Å². The summed E-state index contributed by atoms with van der Waals surface area (Å²) < 4.78 is 0. The highest BCUT2D eigenvalue weighted by Gasteiger charge is 2.08. The molecule has 0 aromatic carbocycles. The van der Waals surface area contributed by atoms with Gasteiger partial charge >= 0.3 is 0 Å². The molecule has 3 nitrogen and oxygen atoms in total. The second-order valence-corrected chi connectivity index (χ2v) is 1.60. The maximum Gasteiger partial charge on any atom is 0.223 e. The van der Waals surface area contributed by atoms with E-state index in [2.05, 4.69) is 0 Å². The average Bonchev–Trinajstić information content (AvgIpc) is 1.65. The molecule has 0 aromatic heterocycles. The topological polar surface area (TPSA) is 43.1 Å². The molecule has 42 valence electrons. The molecule has 0 heterocycles. The second kappa shape index (κ2) is 2.80. The van der Waals surface area contributed by atoms with E-state index in [4.69, 9.17) is 11.6 Å². The smallest absolute Gasteiger partial charge is 0.223 e. The van der Waals surface area contributed by atoms with Crippen molar-refractivity contribution in [1.29, 1.82) is 0 Å². The fourth-order valence-corrected chi connectivity index (χ4v) is 0.169. The minimum absolute atomic E-state index is 0.0903. The lowest BCUT2D eigenvalue weighted by Crippen LogP contribution is -2.15. The summed E-state index contributed by atoms with van der Waals surface area (Å²) in [6.07, 6.45) is 0. The minimum atomic E-state index is -0.610. The molecule has 0 rings (SSSR count). The molecule has 0 fully saturated rings. The zero-order valence-corrected chi connectivity index (χ0v) is 4.68. The lowest BCUT2D eigenvalue weighted by atomic mass is 10.4. The third-order valence-corrected chi connectivity index (χ3v) is 1.03. The van der Waals surface area contributed by atoms with Crippen LogP contribution < -0.4 is 0 Å². The number of halogens is 1. The summed E-state index contributed by atoms with van der Waals surface area (Å²) in [6, 6.07) is -0.610. The largest absolute Gasteiger partial charge is 0.264 e. The molecule has 0 aliphatic heterocycles. The van der Waals surface area contributed by atoms with Crippen molar-refractivity contribution in [2.45, 2.75) is 13.0 Å². The van der Waals surface area contributed by atoms with Crippen LogP contribution in [-0.4, -0.2) is 16.8 Å². The molecular weight excluding hydrogens is 117 g/mol. The van der Waals surface area contributed by atoms with E-state index in [1.165, 1.54) is 6.92 Å². The Bertz CT molecular complexity index is 75.3. The quantitative estimate of drug-likeness (QED) is 0.311. The molecule has 0 aliphatic rings. The summed E-state index contributed by atoms with van der Waals surface area (Å²) in [5.74, 6) is 0.0903. The summed E-state index contributed by atoms with van der Waals surface area (Å²) in [5, 5.41) is 9.65. The molecular formula is C3H6ClNO2. The molecule has 4 heteroatoms. The predicted molar refractivity (Wildman–Crippen MR) is 27.2 cm³/mol. The van der Waals surface area contributed by atoms with Gasteiger partial charge in [-0.1, -0.05) is 0 Å². The molecule has 0 saturated carbocycles. The molecule has 0 radical (unpaired) electrons. The monoisotopic (exact) mass is 123 g/mol. The molecule has 0 N–H and O–H groups in total. The average molecular weight is 124 g/mol. The van der Waals surface area contributed by atoms with E-state index >= 15 is 0 Å². The Kier molecular flexibility index (Phi) is 2.67. The first-order valence-electron chi connectivity index (χ1n) is 1.88. The fourth-order valence-electron chi connectivity index (χ4n) is 0.0563.